The first-order chi connectivity index (χ1) is 14.1. The number of thiazole rings is 1. The van der Waals surface area contributed by atoms with E-state index in [4.69, 9.17) is 4.42 Å². The molecule has 0 aliphatic carbocycles. The maximum absolute atomic E-state index is 12.7. The summed E-state index contributed by atoms with van der Waals surface area (Å²) in [6.07, 6.45) is 3.15. The predicted molar refractivity (Wildman–Crippen MR) is 110 cm³/mol. The van der Waals surface area contributed by atoms with Gasteiger partial charge in [0, 0.05) is 29.3 Å². The van der Waals surface area contributed by atoms with Crippen molar-refractivity contribution in [2.75, 3.05) is 11.9 Å². The smallest absolute Gasteiger partial charge is 0.240 e. The first-order valence-corrected chi connectivity index (χ1v) is 10.6. The van der Waals surface area contributed by atoms with Crippen LogP contribution in [0.25, 0.3) is 0 Å². The normalized spacial score (nSPS) is 10.5. The molecule has 3 heterocycles. The van der Waals surface area contributed by atoms with Gasteiger partial charge in [0.1, 0.15) is 5.76 Å². The lowest BCUT2D eigenvalue weighted by molar-refractivity contribution is -0.137. The average Bonchev–Trinajstić information content (AvgIpc) is 3.47. The van der Waals surface area contributed by atoms with Gasteiger partial charge < -0.3 is 20.0 Å². The molecule has 0 radical (unpaired) electrons. The lowest BCUT2D eigenvalue weighted by atomic mass is 10.2. The van der Waals surface area contributed by atoms with Crippen LogP contribution in [-0.4, -0.2) is 34.2 Å². The molecule has 2 N–H and O–H groups in total. The summed E-state index contributed by atoms with van der Waals surface area (Å²) in [6.45, 7) is 0.480. The van der Waals surface area contributed by atoms with Gasteiger partial charge in [-0.1, -0.05) is 6.07 Å². The van der Waals surface area contributed by atoms with Gasteiger partial charge in [-0.3, -0.25) is 14.4 Å². The van der Waals surface area contributed by atoms with Gasteiger partial charge in [-0.15, -0.1) is 22.7 Å². The highest BCUT2D eigenvalue weighted by molar-refractivity contribution is 7.13. The van der Waals surface area contributed by atoms with Crippen LogP contribution in [0.5, 0.6) is 0 Å². The highest BCUT2D eigenvalue weighted by atomic mass is 32.1. The molecule has 0 atom stereocenters. The number of nitrogens with zero attached hydrogens (tertiary/aromatic N) is 2. The average molecular weight is 433 g/mol. The zero-order valence-electron chi connectivity index (χ0n) is 15.5. The Morgan fingerprint density at radius 3 is 2.66 bits per heavy atom. The van der Waals surface area contributed by atoms with Crippen molar-refractivity contribution in [3.8, 4) is 0 Å². The highest BCUT2D eigenvalue weighted by Gasteiger charge is 2.19. The summed E-state index contributed by atoms with van der Waals surface area (Å²) < 4.78 is 5.19. The number of anilines is 1. The second kappa shape index (κ2) is 10.5. The maximum atomic E-state index is 12.7. The minimum Gasteiger partial charge on any atom is -0.467 e. The molecule has 0 aromatic carbocycles. The lowest BCUT2D eigenvalue weighted by Crippen LogP contribution is -2.40. The molecular weight excluding hydrogens is 412 g/mol. The first kappa shape index (κ1) is 20.7. The van der Waals surface area contributed by atoms with Crippen molar-refractivity contribution in [1.29, 1.82) is 0 Å². The van der Waals surface area contributed by atoms with Crippen molar-refractivity contribution in [1.82, 2.24) is 15.2 Å². The van der Waals surface area contributed by atoms with E-state index < -0.39 is 0 Å². The van der Waals surface area contributed by atoms with Crippen molar-refractivity contribution < 1.29 is 18.8 Å². The number of hydrogen-bond donors (Lipinski definition) is 2. The minimum absolute atomic E-state index is 0.00798. The van der Waals surface area contributed by atoms with Gasteiger partial charge in [0.25, 0.3) is 0 Å². The van der Waals surface area contributed by atoms with E-state index in [2.05, 4.69) is 15.6 Å². The van der Waals surface area contributed by atoms with E-state index >= 15 is 0 Å². The number of nitrogens with one attached hydrogen (secondary N) is 2. The van der Waals surface area contributed by atoms with Gasteiger partial charge in [0.15, 0.2) is 5.13 Å². The zero-order chi connectivity index (χ0) is 20.5. The van der Waals surface area contributed by atoms with E-state index in [0.717, 1.165) is 4.88 Å². The molecule has 3 rings (SSSR count). The summed E-state index contributed by atoms with van der Waals surface area (Å²) >= 11 is 2.82. The molecular formula is C19H20N4O4S2. The zero-order valence-corrected chi connectivity index (χ0v) is 17.1. The summed E-state index contributed by atoms with van der Waals surface area (Å²) in [5.41, 5.74) is 0. The molecule has 0 saturated carbocycles. The van der Waals surface area contributed by atoms with E-state index in [1.807, 2.05) is 17.5 Å². The van der Waals surface area contributed by atoms with Crippen LogP contribution in [0.2, 0.25) is 0 Å². The summed E-state index contributed by atoms with van der Waals surface area (Å²) in [7, 11) is 0. The molecule has 0 fully saturated rings. The van der Waals surface area contributed by atoms with Gasteiger partial charge >= 0.3 is 0 Å². The number of aromatic nitrogens is 1. The number of amides is 3. The van der Waals surface area contributed by atoms with Crippen LogP contribution in [0.1, 0.15) is 23.5 Å². The van der Waals surface area contributed by atoms with E-state index in [-0.39, 0.29) is 43.7 Å². The third-order valence-corrected chi connectivity index (χ3v) is 5.45. The summed E-state index contributed by atoms with van der Waals surface area (Å²) in [6, 6.07) is 7.29. The Kier molecular flexibility index (Phi) is 7.54. The number of hydrogen-bond acceptors (Lipinski definition) is 7. The third-order valence-electron chi connectivity index (χ3n) is 3.90. The third kappa shape index (κ3) is 6.84. The van der Waals surface area contributed by atoms with Gasteiger partial charge in [-0.05, 0) is 23.6 Å². The second-order valence-electron chi connectivity index (χ2n) is 6.07. The Bertz CT molecular complexity index is 908. The standard InChI is InChI=1S/C19H20N4O4S2/c24-16(22-19-20-7-10-29-19)5-6-18(26)23(12-15-4-2-9-28-15)13-17(25)21-11-14-3-1-8-27-14/h1-4,7-10H,5-6,11-13H2,(H,21,25)(H,20,22,24). The van der Waals surface area contributed by atoms with Crippen molar-refractivity contribution in [2.45, 2.75) is 25.9 Å². The molecule has 0 unspecified atom stereocenters. The summed E-state index contributed by atoms with van der Waals surface area (Å²) in [4.78, 5) is 43.4. The second-order valence-corrected chi connectivity index (χ2v) is 8.00. The number of thiophene rings is 1. The predicted octanol–water partition coefficient (Wildman–Crippen LogP) is 2.86. The molecule has 152 valence electrons. The molecule has 0 aliphatic rings. The Balaban J connectivity index is 1.52. The van der Waals surface area contributed by atoms with Crippen molar-refractivity contribution in [3.63, 3.8) is 0 Å². The Hall–Kier alpha value is -2.98. The maximum Gasteiger partial charge on any atom is 0.240 e. The minimum atomic E-state index is -0.293. The van der Waals surface area contributed by atoms with Crippen molar-refractivity contribution in [2.24, 2.45) is 0 Å². The molecule has 8 nitrogen and oxygen atoms in total. The van der Waals surface area contributed by atoms with Gasteiger partial charge in [-0.25, -0.2) is 4.98 Å². The molecule has 0 saturated heterocycles. The molecule has 29 heavy (non-hydrogen) atoms. The molecule has 0 bridgehead atoms. The fourth-order valence-electron chi connectivity index (χ4n) is 2.50. The number of rotatable bonds is 10. The number of carbonyl (C=O) groups is 3. The quantitative estimate of drug-likeness (QED) is 0.513. The van der Waals surface area contributed by atoms with E-state index in [1.54, 1.807) is 23.7 Å². The van der Waals surface area contributed by atoms with E-state index in [0.29, 0.717) is 17.4 Å². The molecule has 0 spiro atoms. The number of furan rings is 1. The SMILES string of the molecule is O=C(CN(Cc1cccs1)C(=O)CCC(=O)Nc1nccs1)NCc1ccco1. The van der Waals surface area contributed by atoms with Gasteiger partial charge in [0.05, 0.1) is 25.9 Å². The Labute approximate surface area is 175 Å². The molecule has 3 aromatic rings. The van der Waals surface area contributed by atoms with Crippen LogP contribution in [0, 0.1) is 0 Å². The Morgan fingerprint density at radius 1 is 1.07 bits per heavy atom. The van der Waals surface area contributed by atoms with Crippen molar-refractivity contribution >= 4 is 45.5 Å². The van der Waals surface area contributed by atoms with Gasteiger partial charge in [-0.2, -0.15) is 0 Å². The number of carbonyl (C=O) groups excluding carboxylic acids is 3. The monoisotopic (exact) mass is 432 g/mol. The fourth-order valence-corrected chi connectivity index (χ4v) is 3.76. The largest absolute Gasteiger partial charge is 0.467 e. The molecule has 3 amide bonds. The van der Waals surface area contributed by atoms with Crippen LogP contribution in [0.15, 0.2) is 51.9 Å². The summed E-state index contributed by atoms with van der Waals surface area (Å²) in [5, 5.41) is 9.55. The van der Waals surface area contributed by atoms with Crippen LogP contribution in [-0.2, 0) is 27.5 Å². The van der Waals surface area contributed by atoms with Crippen LogP contribution in [0.3, 0.4) is 0 Å². The summed E-state index contributed by atoms with van der Waals surface area (Å²) in [5.74, 6) is -0.209. The highest BCUT2D eigenvalue weighted by Crippen LogP contribution is 2.14. The van der Waals surface area contributed by atoms with E-state index in [1.165, 1.54) is 33.8 Å². The Morgan fingerprint density at radius 2 is 1.97 bits per heavy atom. The van der Waals surface area contributed by atoms with Crippen LogP contribution in [0.4, 0.5) is 5.13 Å². The van der Waals surface area contributed by atoms with E-state index in [9.17, 15) is 14.4 Å². The van der Waals surface area contributed by atoms with Crippen LogP contribution >= 0.6 is 22.7 Å². The first-order valence-electron chi connectivity index (χ1n) is 8.89. The molecule has 0 aliphatic heterocycles. The molecule has 3 aromatic heterocycles. The van der Waals surface area contributed by atoms with Crippen LogP contribution < -0.4 is 10.6 Å². The molecule has 10 heteroatoms. The topological polar surface area (TPSA) is 105 Å². The fraction of sp³-hybridized carbons (Fsp3) is 0.263. The lowest BCUT2D eigenvalue weighted by Gasteiger charge is -2.21. The van der Waals surface area contributed by atoms with Crippen molar-refractivity contribution in [3.05, 3.63) is 58.1 Å². The van der Waals surface area contributed by atoms with Gasteiger partial charge in [0.2, 0.25) is 17.7 Å².